The van der Waals surface area contributed by atoms with Crippen LogP contribution < -0.4 is 5.32 Å². The van der Waals surface area contributed by atoms with Crippen molar-refractivity contribution in [1.82, 2.24) is 15.1 Å². The van der Waals surface area contributed by atoms with Gasteiger partial charge in [0.25, 0.3) is 0 Å². The molecule has 0 aliphatic carbocycles. The Morgan fingerprint density at radius 2 is 2.07 bits per heavy atom. The highest BCUT2D eigenvalue weighted by molar-refractivity contribution is 8.03. The first-order chi connectivity index (χ1) is 12.6. The van der Waals surface area contributed by atoms with E-state index < -0.39 is 18.2 Å². The number of carbonyl (C=O) groups is 3. The van der Waals surface area contributed by atoms with Crippen molar-refractivity contribution in [2.75, 3.05) is 20.6 Å². The molecule has 3 N–H and O–H groups in total. The standard InChI is InChI=1S/C17H25N3O6S/c1-7-12-11(8(2)21)15(23)20(12)16(26-17(24)25)13(7)27-9-5-10(18-6-9)14(22)19(3)4/h7-12,18,21H,5-6H2,1-4H3,(H,24,25)/t7-,8-,9+,10+,11-,12-/m1/s1. The van der Waals surface area contributed by atoms with Crippen molar-refractivity contribution in [1.29, 1.82) is 0 Å². The number of aliphatic hydroxyl groups excluding tert-OH is 1. The summed E-state index contributed by atoms with van der Waals surface area (Å²) < 4.78 is 4.95. The molecule has 0 bridgehead atoms. The van der Waals surface area contributed by atoms with E-state index in [-0.39, 0.29) is 40.9 Å². The molecule has 0 spiro atoms. The van der Waals surface area contributed by atoms with Crippen LogP contribution in [0, 0.1) is 11.8 Å². The highest BCUT2D eigenvalue weighted by Gasteiger charge is 2.60. The quantitative estimate of drug-likeness (QED) is 0.445. The fraction of sp³-hybridized carbons (Fsp3) is 0.706. The zero-order valence-electron chi connectivity index (χ0n) is 15.7. The molecule has 9 nitrogen and oxygen atoms in total. The molecule has 0 saturated carbocycles. The second-order valence-electron chi connectivity index (χ2n) is 7.46. The summed E-state index contributed by atoms with van der Waals surface area (Å²) >= 11 is 1.45. The smallest absolute Gasteiger partial charge is 0.449 e. The Morgan fingerprint density at radius 1 is 1.41 bits per heavy atom. The van der Waals surface area contributed by atoms with Gasteiger partial charge in [0, 0.05) is 31.8 Å². The van der Waals surface area contributed by atoms with E-state index in [1.807, 2.05) is 6.92 Å². The Hall–Kier alpha value is -1.78. The number of carboxylic acid groups (broad SMARTS) is 1. The molecule has 2 saturated heterocycles. The summed E-state index contributed by atoms with van der Waals surface area (Å²) in [5.41, 5.74) is 0. The van der Waals surface area contributed by atoms with Gasteiger partial charge in [-0.2, -0.15) is 0 Å². The molecule has 3 heterocycles. The lowest BCUT2D eigenvalue weighted by molar-refractivity contribution is -0.163. The van der Waals surface area contributed by atoms with Crippen LogP contribution >= 0.6 is 11.8 Å². The maximum Gasteiger partial charge on any atom is 0.512 e. The van der Waals surface area contributed by atoms with Gasteiger partial charge >= 0.3 is 6.16 Å². The molecule has 3 aliphatic rings. The minimum atomic E-state index is -1.48. The highest BCUT2D eigenvalue weighted by atomic mass is 32.2. The molecular weight excluding hydrogens is 374 g/mol. The molecule has 2 fully saturated rings. The number of hydrogen-bond acceptors (Lipinski definition) is 7. The molecule has 2 amide bonds. The minimum absolute atomic E-state index is 0.00160. The fourth-order valence-electron chi connectivity index (χ4n) is 4.07. The number of nitrogens with one attached hydrogen (secondary N) is 1. The van der Waals surface area contributed by atoms with Crippen LogP contribution in [0.5, 0.6) is 0 Å². The lowest BCUT2D eigenvalue weighted by Gasteiger charge is -2.45. The van der Waals surface area contributed by atoms with Crippen LogP contribution in [0.15, 0.2) is 10.8 Å². The third kappa shape index (κ3) is 3.41. The molecule has 6 atom stereocenters. The molecule has 150 valence electrons. The second-order valence-corrected chi connectivity index (χ2v) is 8.80. The maximum atomic E-state index is 12.4. The number of nitrogens with zero attached hydrogens (tertiary/aromatic N) is 2. The van der Waals surface area contributed by atoms with E-state index in [0.717, 1.165) is 0 Å². The summed E-state index contributed by atoms with van der Waals surface area (Å²) in [6, 6.07) is -0.578. The monoisotopic (exact) mass is 399 g/mol. The fourth-order valence-corrected chi connectivity index (χ4v) is 5.50. The summed E-state index contributed by atoms with van der Waals surface area (Å²) in [7, 11) is 3.41. The van der Waals surface area contributed by atoms with Crippen molar-refractivity contribution in [2.45, 2.75) is 43.7 Å². The first-order valence-corrected chi connectivity index (χ1v) is 9.78. The molecule has 10 heteroatoms. The second kappa shape index (κ2) is 7.33. The maximum absolute atomic E-state index is 12.4. The van der Waals surface area contributed by atoms with Crippen molar-refractivity contribution in [3.8, 4) is 0 Å². The molecule has 3 aliphatic heterocycles. The van der Waals surface area contributed by atoms with Crippen LogP contribution in [0.1, 0.15) is 20.3 Å². The summed E-state index contributed by atoms with van der Waals surface area (Å²) in [6.07, 6.45) is -1.68. The van der Waals surface area contributed by atoms with Gasteiger partial charge in [0.2, 0.25) is 17.7 Å². The zero-order chi connectivity index (χ0) is 20.0. The number of carbonyl (C=O) groups excluding carboxylic acids is 2. The lowest BCUT2D eigenvalue weighted by Crippen LogP contribution is -2.63. The van der Waals surface area contributed by atoms with Gasteiger partial charge in [0.05, 0.1) is 29.0 Å². The number of likely N-dealkylation sites (N-methyl/N-ethyl adjacent to an activating group) is 1. The lowest BCUT2D eigenvalue weighted by atomic mass is 9.79. The molecule has 0 aromatic rings. The SMILES string of the molecule is C[C@@H](O)[C@H]1C(=O)N2C(OC(=O)O)=C(S[C@@H]3CN[C@H](C(=O)N(C)C)C3)[C@H](C)[C@H]12. The number of β-lactam (4-membered cyclic amide) rings is 1. The van der Waals surface area contributed by atoms with Gasteiger partial charge in [0.1, 0.15) is 0 Å². The highest BCUT2D eigenvalue weighted by Crippen LogP contribution is 2.52. The third-order valence-electron chi connectivity index (χ3n) is 5.37. The number of thioether (sulfide) groups is 1. The van der Waals surface area contributed by atoms with Gasteiger partial charge in [-0.05, 0) is 13.3 Å². The minimum Gasteiger partial charge on any atom is -0.449 e. The van der Waals surface area contributed by atoms with E-state index in [4.69, 9.17) is 9.84 Å². The van der Waals surface area contributed by atoms with Crippen molar-refractivity contribution in [2.24, 2.45) is 11.8 Å². The van der Waals surface area contributed by atoms with Crippen LogP contribution in [-0.4, -0.2) is 82.1 Å². The number of hydrogen-bond donors (Lipinski definition) is 3. The van der Waals surface area contributed by atoms with E-state index in [1.54, 1.807) is 25.9 Å². The predicted molar refractivity (Wildman–Crippen MR) is 97.6 cm³/mol. The van der Waals surface area contributed by atoms with E-state index in [1.165, 1.54) is 16.7 Å². The first-order valence-electron chi connectivity index (χ1n) is 8.90. The van der Waals surface area contributed by atoms with Gasteiger partial charge in [-0.3, -0.25) is 14.5 Å². The summed E-state index contributed by atoms with van der Waals surface area (Å²) in [4.78, 5) is 39.3. The molecule has 0 aromatic carbocycles. The van der Waals surface area contributed by atoms with Crippen LogP contribution in [-0.2, 0) is 14.3 Å². The van der Waals surface area contributed by atoms with E-state index in [2.05, 4.69) is 5.32 Å². The zero-order valence-corrected chi connectivity index (χ0v) is 16.5. The summed E-state index contributed by atoms with van der Waals surface area (Å²) in [6.45, 7) is 4.07. The van der Waals surface area contributed by atoms with Gasteiger partial charge in [0.15, 0.2) is 0 Å². The Morgan fingerprint density at radius 3 is 2.63 bits per heavy atom. The van der Waals surface area contributed by atoms with Gasteiger partial charge < -0.3 is 25.2 Å². The average molecular weight is 399 g/mol. The van der Waals surface area contributed by atoms with E-state index in [0.29, 0.717) is 17.9 Å². The molecular formula is C17H25N3O6S. The van der Waals surface area contributed by atoms with E-state index in [9.17, 15) is 19.5 Å². The Balaban J connectivity index is 1.78. The van der Waals surface area contributed by atoms with Crippen molar-refractivity contribution < 1.29 is 29.3 Å². The number of aliphatic hydroxyl groups is 1. The summed E-state index contributed by atoms with van der Waals surface area (Å²) in [5, 5.41) is 22.3. The van der Waals surface area contributed by atoms with Crippen LogP contribution in [0.4, 0.5) is 4.79 Å². The van der Waals surface area contributed by atoms with Crippen molar-refractivity contribution in [3.05, 3.63) is 10.8 Å². The van der Waals surface area contributed by atoms with E-state index >= 15 is 0 Å². The first kappa shape index (κ1) is 20.0. The Bertz CT molecular complexity index is 694. The number of fused-ring (bicyclic) bond motifs is 1. The van der Waals surface area contributed by atoms with Crippen molar-refractivity contribution >= 4 is 29.7 Å². The number of amides is 2. The third-order valence-corrected chi connectivity index (χ3v) is 6.86. The number of rotatable bonds is 5. The Kier molecular flexibility index (Phi) is 5.42. The molecule has 3 rings (SSSR count). The molecule has 27 heavy (non-hydrogen) atoms. The van der Waals surface area contributed by atoms with Gasteiger partial charge in [-0.1, -0.05) is 6.92 Å². The summed E-state index contributed by atoms with van der Waals surface area (Å²) in [5.74, 6) is -0.976. The topological polar surface area (TPSA) is 119 Å². The van der Waals surface area contributed by atoms with Crippen molar-refractivity contribution in [3.63, 3.8) is 0 Å². The number of ether oxygens (including phenoxy) is 1. The van der Waals surface area contributed by atoms with Crippen LogP contribution in [0.2, 0.25) is 0 Å². The van der Waals surface area contributed by atoms with Gasteiger partial charge in [-0.25, -0.2) is 4.79 Å². The largest absolute Gasteiger partial charge is 0.512 e. The van der Waals surface area contributed by atoms with Crippen LogP contribution in [0.25, 0.3) is 0 Å². The normalized spacial score (nSPS) is 33.6. The van der Waals surface area contributed by atoms with Gasteiger partial charge in [-0.15, -0.1) is 11.8 Å². The Labute approximate surface area is 161 Å². The molecule has 0 aromatic heterocycles. The molecule has 0 radical (unpaired) electrons. The average Bonchev–Trinajstić information content (AvgIpc) is 3.10. The van der Waals surface area contributed by atoms with Crippen LogP contribution in [0.3, 0.4) is 0 Å². The molecule has 0 unspecified atom stereocenters. The predicted octanol–water partition coefficient (Wildman–Crippen LogP) is 0.260.